The predicted molar refractivity (Wildman–Crippen MR) is 90.3 cm³/mol. The maximum absolute atomic E-state index is 4.50. The lowest BCUT2D eigenvalue weighted by molar-refractivity contribution is 0.768. The van der Waals surface area contributed by atoms with Gasteiger partial charge in [0.05, 0.1) is 17.3 Å². The zero-order valence-corrected chi connectivity index (χ0v) is 12.9. The number of rotatable bonds is 2. The van der Waals surface area contributed by atoms with Crippen LogP contribution in [-0.2, 0) is 7.05 Å². The molecule has 24 heavy (non-hydrogen) atoms. The Morgan fingerprint density at radius 2 is 2.00 bits per heavy atom. The van der Waals surface area contributed by atoms with E-state index in [2.05, 4.69) is 37.3 Å². The number of nitrogens with zero attached hydrogens (tertiary/aromatic N) is 6. The summed E-state index contributed by atoms with van der Waals surface area (Å²) < 4.78 is 3.77. The van der Waals surface area contributed by atoms with Gasteiger partial charge >= 0.3 is 0 Å². The standard InChI is InChI=1S/C17H13N7/c1-23-8-12(6-22-23)16-15-13(7-19-17(15)21-10-20-16)11-2-3-14-18-4-5-24(14)9-11/h2-10H,1H3,(H,19,20,21). The van der Waals surface area contributed by atoms with Crippen molar-refractivity contribution in [1.82, 2.24) is 34.1 Å². The van der Waals surface area contributed by atoms with Crippen LogP contribution in [0.3, 0.4) is 0 Å². The highest BCUT2D eigenvalue weighted by Gasteiger charge is 2.15. The van der Waals surface area contributed by atoms with Gasteiger partial charge in [-0.15, -0.1) is 0 Å². The molecule has 0 saturated carbocycles. The molecule has 0 bridgehead atoms. The van der Waals surface area contributed by atoms with Gasteiger partial charge in [0.15, 0.2) is 0 Å². The van der Waals surface area contributed by atoms with E-state index in [0.717, 1.165) is 39.1 Å². The van der Waals surface area contributed by atoms with E-state index in [1.165, 1.54) is 0 Å². The number of fused-ring (bicyclic) bond motifs is 2. The van der Waals surface area contributed by atoms with Gasteiger partial charge in [-0.1, -0.05) is 0 Å². The largest absolute Gasteiger partial charge is 0.345 e. The van der Waals surface area contributed by atoms with Gasteiger partial charge in [0.2, 0.25) is 0 Å². The van der Waals surface area contributed by atoms with Gasteiger partial charge in [-0.25, -0.2) is 15.0 Å². The Morgan fingerprint density at radius 3 is 2.88 bits per heavy atom. The minimum Gasteiger partial charge on any atom is -0.345 e. The van der Waals surface area contributed by atoms with Gasteiger partial charge in [0.1, 0.15) is 17.6 Å². The summed E-state index contributed by atoms with van der Waals surface area (Å²) >= 11 is 0. The Kier molecular flexibility index (Phi) is 2.58. The summed E-state index contributed by atoms with van der Waals surface area (Å²) in [6.07, 6.45) is 13.1. The first-order valence-corrected chi connectivity index (χ1v) is 7.54. The Bertz CT molecular complexity index is 1180. The van der Waals surface area contributed by atoms with Crippen molar-refractivity contribution in [1.29, 1.82) is 0 Å². The summed E-state index contributed by atoms with van der Waals surface area (Å²) in [6, 6.07) is 4.06. The van der Waals surface area contributed by atoms with Crippen molar-refractivity contribution in [2.75, 3.05) is 0 Å². The second kappa shape index (κ2) is 4.76. The molecule has 0 atom stereocenters. The normalized spacial score (nSPS) is 11.5. The van der Waals surface area contributed by atoms with E-state index in [1.807, 2.05) is 42.3 Å². The van der Waals surface area contributed by atoms with Crippen LogP contribution < -0.4 is 0 Å². The van der Waals surface area contributed by atoms with Crippen molar-refractivity contribution in [2.45, 2.75) is 0 Å². The topological polar surface area (TPSA) is 76.7 Å². The fourth-order valence-corrected chi connectivity index (χ4v) is 3.03. The molecule has 5 rings (SSSR count). The quantitative estimate of drug-likeness (QED) is 0.543. The van der Waals surface area contributed by atoms with Gasteiger partial charge in [-0.3, -0.25) is 4.68 Å². The summed E-state index contributed by atoms with van der Waals surface area (Å²) in [4.78, 5) is 16.4. The van der Waals surface area contributed by atoms with Crippen molar-refractivity contribution in [3.05, 3.63) is 55.6 Å². The highest BCUT2D eigenvalue weighted by Crippen LogP contribution is 2.34. The zero-order valence-electron chi connectivity index (χ0n) is 12.9. The molecule has 0 spiro atoms. The Balaban J connectivity index is 1.79. The number of aryl methyl sites for hydroxylation is 1. The molecule has 0 unspecified atom stereocenters. The number of pyridine rings is 1. The first-order chi connectivity index (χ1) is 11.8. The van der Waals surface area contributed by atoms with Gasteiger partial charge in [0, 0.05) is 54.7 Å². The molecular formula is C17H13N7. The van der Waals surface area contributed by atoms with E-state index in [-0.39, 0.29) is 0 Å². The maximum atomic E-state index is 4.50. The average molecular weight is 315 g/mol. The second-order valence-electron chi connectivity index (χ2n) is 5.66. The van der Waals surface area contributed by atoms with Crippen LogP contribution in [0.2, 0.25) is 0 Å². The van der Waals surface area contributed by atoms with Crippen LogP contribution >= 0.6 is 0 Å². The van der Waals surface area contributed by atoms with Crippen LogP contribution in [0.25, 0.3) is 39.1 Å². The molecule has 7 nitrogen and oxygen atoms in total. The number of nitrogens with one attached hydrogen (secondary N) is 1. The monoisotopic (exact) mass is 315 g/mol. The van der Waals surface area contributed by atoms with Gasteiger partial charge in [0.25, 0.3) is 0 Å². The minimum atomic E-state index is 0.810. The predicted octanol–water partition coefficient (Wildman–Crippen LogP) is 2.67. The fraction of sp³-hybridized carbons (Fsp3) is 0.0588. The molecule has 0 saturated heterocycles. The first kappa shape index (κ1) is 13.0. The van der Waals surface area contributed by atoms with Crippen LogP contribution in [0.1, 0.15) is 0 Å². The molecule has 7 heteroatoms. The smallest absolute Gasteiger partial charge is 0.141 e. The van der Waals surface area contributed by atoms with E-state index in [0.29, 0.717) is 0 Å². The molecule has 0 aliphatic rings. The molecule has 0 amide bonds. The summed E-state index contributed by atoms with van der Waals surface area (Å²) in [6.45, 7) is 0. The molecule has 116 valence electrons. The third-order valence-electron chi connectivity index (χ3n) is 4.15. The maximum Gasteiger partial charge on any atom is 0.141 e. The number of hydrogen-bond donors (Lipinski definition) is 1. The highest BCUT2D eigenvalue weighted by molar-refractivity contribution is 6.02. The van der Waals surface area contributed by atoms with E-state index < -0.39 is 0 Å². The van der Waals surface area contributed by atoms with E-state index in [1.54, 1.807) is 17.2 Å². The molecule has 0 aliphatic heterocycles. The van der Waals surface area contributed by atoms with Crippen LogP contribution in [-0.4, -0.2) is 34.1 Å². The summed E-state index contributed by atoms with van der Waals surface area (Å²) in [5.41, 5.74) is 5.70. The Hall–Kier alpha value is -3.48. The van der Waals surface area contributed by atoms with Crippen molar-refractivity contribution < 1.29 is 0 Å². The molecular weight excluding hydrogens is 302 g/mol. The lowest BCUT2D eigenvalue weighted by atomic mass is 10.0. The van der Waals surface area contributed by atoms with Crippen molar-refractivity contribution in [2.24, 2.45) is 7.05 Å². The molecule has 0 radical (unpaired) electrons. The number of hydrogen-bond acceptors (Lipinski definition) is 4. The van der Waals surface area contributed by atoms with Crippen LogP contribution in [0.5, 0.6) is 0 Å². The van der Waals surface area contributed by atoms with Crippen LogP contribution in [0.15, 0.2) is 55.6 Å². The van der Waals surface area contributed by atoms with E-state index in [9.17, 15) is 0 Å². The second-order valence-corrected chi connectivity index (χ2v) is 5.66. The van der Waals surface area contributed by atoms with Gasteiger partial charge < -0.3 is 9.38 Å². The summed E-state index contributed by atoms with van der Waals surface area (Å²) in [7, 11) is 1.90. The van der Waals surface area contributed by atoms with Crippen molar-refractivity contribution in [3.63, 3.8) is 0 Å². The molecule has 5 aromatic heterocycles. The number of imidazole rings is 1. The summed E-state index contributed by atoms with van der Waals surface area (Å²) in [5.74, 6) is 0. The first-order valence-electron chi connectivity index (χ1n) is 7.54. The minimum absolute atomic E-state index is 0.810. The summed E-state index contributed by atoms with van der Waals surface area (Å²) in [5, 5.41) is 5.24. The van der Waals surface area contributed by atoms with Crippen molar-refractivity contribution in [3.8, 4) is 22.4 Å². The van der Waals surface area contributed by atoms with E-state index >= 15 is 0 Å². The zero-order chi connectivity index (χ0) is 16.1. The average Bonchev–Trinajstić information content (AvgIpc) is 3.32. The van der Waals surface area contributed by atoms with Crippen LogP contribution in [0, 0.1) is 0 Å². The van der Waals surface area contributed by atoms with E-state index in [4.69, 9.17) is 0 Å². The number of aromatic amines is 1. The Labute approximate surface area is 136 Å². The molecule has 0 aromatic carbocycles. The van der Waals surface area contributed by atoms with Crippen LogP contribution in [0.4, 0.5) is 0 Å². The number of aromatic nitrogens is 7. The SMILES string of the molecule is Cn1cc(-c2ncnc3[nH]cc(-c4ccc5nccn5c4)c23)cn1. The lowest BCUT2D eigenvalue weighted by Gasteiger charge is -2.04. The molecule has 0 fully saturated rings. The van der Waals surface area contributed by atoms with Gasteiger partial charge in [-0.05, 0) is 12.1 Å². The third kappa shape index (κ3) is 1.84. The Morgan fingerprint density at radius 1 is 1.04 bits per heavy atom. The molecule has 0 aliphatic carbocycles. The highest BCUT2D eigenvalue weighted by atomic mass is 15.2. The third-order valence-corrected chi connectivity index (χ3v) is 4.15. The fourth-order valence-electron chi connectivity index (χ4n) is 3.03. The molecule has 5 aromatic rings. The van der Waals surface area contributed by atoms with Gasteiger partial charge in [-0.2, -0.15) is 5.10 Å². The molecule has 1 N–H and O–H groups in total. The molecule has 5 heterocycles. The number of H-pyrrole nitrogens is 1. The van der Waals surface area contributed by atoms with Crippen molar-refractivity contribution >= 4 is 16.7 Å². The lowest BCUT2D eigenvalue weighted by Crippen LogP contribution is -1.89.